The number of ether oxygens (including phenoxy) is 2. The third-order valence-corrected chi connectivity index (χ3v) is 4.36. The second-order valence-electron chi connectivity index (χ2n) is 5.87. The van der Waals surface area contributed by atoms with Gasteiger partial charge in [0.2, 0.25) is 0 Å². The van der Waals surface area contributed by atoms with E-state index in [1.54, 1.807) is 31.4 Å². The molecule has 3 rings (SSSR count). The number of hydrogen-bond donors (Lipinski definition) is 1. The van der Waals surface area contributed by atoms with Gasteiger partial charge >= 0.3 is 0 Å². The van der Waals surface area contributed by atoms with E-state index in [-0.39, 0.29) is 12.5 Å². The Labute approximate surface area is 152 Å². The van der Waals surface area contributed by atoms with Crippen molar-refractivity contribution in [1.82, 2.24) is 0 Å². The Morgan fingerprint density at radius 3 is 2.56 bits per heavy atom. The molecule has 1 amide bonds. The molecule has 1 N–H and O–H groups in total. The quantitative estimate of drug-likeness (QED) is 0.847. The molecule has 6 heteroatoms. The topological polar surface area (TPSA) is 50.8 Å². The van der Waals surface area contributed by atoms with E-state index in [4.69, 9.17) is 21.1 Å². The Bertz CT molecular complexity index is 728. The summed E-state index contributed by atoms with van der Waals surface area (Å²) in [4.78, 5) is 14.5. The molecule has 0 unspecified atom stereocenters. The van der Waals surface area contributed by atoms with Crippen LogP contribution in [0.3, 0.4) is 0 Å². The first-order valence-corrected chi connectivity index (χ1v) is 8.65. The molecule has 2 aromatic rings. The van der Waals surface area contributed by atoms with Gasteiger partial charge in [-0.15, -0.1) is 0 Å². The first-order chi connectivity index (χ1) is 12.2. The first kappa shape index (κ1) is 17.4. The van der Waals surface area contributed by atoms with Crippen molar-refractivity contribution in [3.63, 3.8) is 0 Å². The minimum absolute atomic E-state index is 0.0846. The lowest BCUT2D eigenvalue weighted by molar-refractivity contribution is -0.118. The summed E-state index contributed by atoms with van der Waals surface area (Å²) in [6.07, 6.45) is 2.39. The van der Waals surface area contributed by atoms with Crippen molar-refractivity contribution in [2.45, 2.75) is 12.8 Å². The number of methoxy groups -OCH3 is 1. The van der Waals surface area contributed by atoms with E-state index in [0.717, 1.165) is 18.8 Å². The second kappa shape index (κ2) is 8.12. The molecular weight excluding hydrogens is 340 g/mol. The maximum atomic E-state index is 12.2. The van der Waals surface area contributed by atoms with Crippen molar-refractivity contribution in [2.75, 3.05) is 37.0 Å². The maximum Gasteiger partial charge on any atom is 0.262 e. The van der Waals surface area contributed by atoms with Gasteiger partial charge in [0, 0.05) is 23.8 Å². The number of halogens is 1. The number of anilines is 2. The zero-order valence-electron chi connectivity index (χ0n) is 14.1. The third kappa shape index (κ3) is 4.57. The molecule has 1 heterocycles. The van der Waals surface area contributed by atoms with E-state index in [1.165, 1.54) is 12.8 Å². The van der Waals surface area contributed by atoms with Gasteiger partial charge in [0.05, 0.1) is 12.8 Å². The zero-order chi connectivity index (χ0) is 17.6. The Kier molecular flexibility index (Phi) is 5.66. The minimum Gasteiger partial charge on any atom is -0.495 e. The van der Waals surface area contributed by atoms with E-state index in [1.807, 2.05) is 18.2 Å². The minimum atomic E-state index is -0.244. The normalized spacial score (nSPS) is 13.6. The van der Waals surface area contributed by atoms with Crippen LogP contribution in [0.5, 0.6) is 11.5 Å². The molecule has 0 aromatic heterocycles. The van der Waals surface area contributed by atoms with E-state index < -0.39 is 0 Å². The van der Waals surface area contributed by atoms with Crippen molar-refractivity contribution in [3.8, 4) is 11.5 Å². The number of benzene rings is 2. The molecular formula is C19H21ClN2O3. The van der Waals surface area contributed by atoms with Crippen molar-refractivity contribution < 1.29 is 14.3 Å². The lowest BCUT2D eigenvalue weighted by Crippen LogP contribution is -2.21. The molecule has 132 valence electrons. The predicted molar refractivity (Wildman–Crippen MR) is 100 cm³/mol. The smallest absolute Gasteiger partial charge is 0.262 e. The Morgan fingerprint density at radius 2 is 1.88 bits per heavy atom. The first-order valence-electron chi connectivity index (χ1n) is 8.27. The number of carbonyl (C=O) groups excluding carboxylic acids is 1. The van der Waals surface area contributed by atoms with Crippen LogP contribution in [0.25, 0.3) is 0 Å². The van der Waals surface area contributed by atoms with E-state index >= 15 is 0 Å². The number of hydrogen-bond acceptors (Lipinski definition) is 4. The molecule has 0 atom stereocenters. The van der Waals surface area contributed by atoms with E-state index in [0.29, 0.717) is 22.2 Å². The summed E-state index contributed by atoms with van der Waals surface area (Å²) < 4.78 is 10.8. The SMILES string of the molecule is COc1ccc(N2CCCC2)cc1NC(=O)COc1ccc(Cl)cc1. The highest BCUT2D eigenvalue weighted by atomic mass is 35.5. The summed E-state index contributed by atoms with van der Waals surface area (Å²) in [6.45, 7) is 2.00. The largest absolute Gasteiger partial charge is 0.495 e. The summed E-state index contributed by atoms with van der Waals surface area (Å²) in [6, 6.07) is 12.7. The van der Waals surface area contributed by atoms with Crippen molar-refractivity contribution in [1.29, 1.82) is 0 Å². The van der Waals surface area contributed by atoms with Crippen LogP contribution in [0.15, 0.2) is 42.5 Å². The van der Waals surface area contributed by atoms with Crippen molar-refractivity contribution in [3.05, 3.63) is 47.5 Å². The number of nitrogens with one attached hydrogen (secondary N) is 1. The Hall–Kier alpha value is -2.40. The molecule has 5 nitrogen and oxygen atoms in total. The molecule has 1 fully saturated rings. The molecule has 1 aliphatic rings. The molecule has 0 spiro atoms. The fraction of sp³-hybridized carbons (Fsp3) is 0.316. The van der Waals surface area contributed by atoms with Gasteiger partial charge in [-0.1, -0.05) is 11.6 Å². The lowest BCUT2D eigenvalue weighted by Gasteiger charge is -2.20. The van der Waals surface area contributed by atoms with Gasteiger partial charge < -0.3 is 19.7 Å². The molecule has 0 bridgehead atoms. The van der Waals surface area contributed by atoms with Gasteiger partial charge in [0.15, 0.2) is 6.61 Å². The monoisotopic (exact) mass is 360 g/mol. The van der Waals surface area contributed by atoms with Crippen molar-refractivity contribution >= 4 is 28.9 Å². The lowest BCUT2D eigenvalue weighted by atomic mass is 10.2. The summed E-state index contributed by atoms with van der Waals surface area (Å²) in [7, 11) is 1.59. The van der Waals surface area contributed by atoms with Crippen LogP contribution >= 0.6 is 11.6 Å². The third-order valence-electron chi connectivity index (χ3n) is 4.11. The van der Waals surface area contributed by atoms with E-state index in [2.05, 4.69) is 10.2 Å². The average molecular weight is 361 g/mol. The molecule has 1 aliphatic heterocycles. The van der Waals surface area contributed by atoms with Gasteiger partial charge in [-0.3, -0.25) is 4.79 Å². The van der Waals surface area contributed by atoms with Crippen LogP contribution < -0.4 is 19.7 Å². The van der Waals surface area contributed by atoms with Crippen LogP contribution in [0.2, 0.25) is 5.02 Å². The van der Waals surface area contributed by atoms with Crippen molar-refractivity contribution in [2.24, 2.45) is 0 Å². The molecule has 25 heavy (non-hydrogen) atoms. The number of rotatable bonds is 6. The average Bonchev–Trinajstić information content (AvgIpc) is 3.16. The summed E-state index contributed by atoms with van der Waals surface area (Å²) in [5.74, 6) is 0.979. The van der Waals surface area contributed by atoms with Gasteiger partial charge in [0.1, 0.15) is 11.5 Å². The summed E-state index contributed by atoms with van der Waals surface area (Å²) >= 11 is 5.83. The molecule has 0 radical (unpaired) electrons. The fourth-order valence-electron chi connectivity index (χ4n) is 2.83. The van der Waals surface area contributed by atoms with Crippen LogP contribution in [0.1, 0.15) is 12.8 Å². The van der Waals surface area contributed by atoms with Crippen LogP contribution in [0, 0.1) is 0 Å². The van der Waals surface area contributed by atoms with Gasteiger partial charge in [0.25, 0.3) is 5.91 Å². The highest BCUT2D eigenvalue weighted by molar-refractivity contribution is 6.30. The highest BCUT2D eigenvalue weighted by Gasteiger charge is 2.15. The molecule has 1 saturated heterocycles. The zero-order valence-corrected chi connectivity index (χ0v) is 14.9. The predicted octanol–water partition coefficient (Wildman–Crippen LogP) is 3.97. The standard InChI is InChI=1S/C19H21ClN2O3/c1-24-18-9-6-15(22-10-2-3-11-22)12-17(18)21-19(23)13-25-16-7-4-14(20)5-8-16/h4-9,12H,2-3,10-11,13H2,1H3,(H,21,23). The summed E-state index contributed by atoms with van der Waals surface area (Å²) in [5.41, 5.74) is 1.74. The molecule has 0 aliphatic carbocycles. The highest BCUT2D eigenvalue weighted by Crippen LogP contribution is 2.31. The Morgan fingerprint density at radius 1 is 1.16 bits per heavy atom. The van der Waals surface area contributed by atoms with E-state index in [9.17, 15) is 4.79 Å². The Balaban J connectivity index is 1.64. The van der Waals surface area contributed by atoms with Gasteiger partial charge in [-0.2, -0.15) is 0 Å². The van der Waals surface area contributed by atoms with Crippen LogP contribution in [0.4, 0.5) is 11.4 Å². The second-order valence-corrected chi connectivity index (χ2v) is 6.31. The number of amides is 1. The number of carbonyl (C=O) groups is 1. The number of nitrogens with zero attached hydrogens (tertiary/aromatic N) is 1. The van der Waals surface area contributed by atoms with Crippen LogP contribution in [-0.2, 0) is 4.79 Å². The molecule has 2 aromatic carbocycles. The maximum absolute atomic E-state index is 12.2. The van der Waals surface area contributed by atoms with Gasteiger partial charge in [-0.05, 0) is 55.3 Å². The molecule has 0 saturated carbocycles. The van der Waals surface area contributed by atoms with Gasteiger partial charge in [-0.25, -0.2) is 0 Å². The van der Waals surface area contributed by atoms with Crippen LogP contribution in [-0.4, -0.2) is 32.7 Å². The summed E-state index contributed by atoms with van der Waals surface area (Å²) in [5, 5.41) is 3.49. The fourth-order valence-corrected chi connectivity index (χ4v) is 2.96.